The van der Waals surface area contributed by atoms with Crippen LogP contribution >= 0.6 is 0 Å². The summed E-state index contributed by atoms with van der Waals surface area (Å²) in [4.78, 5) is 15.4. The lowest BCUT2D eigenvalue weighted by molar-refractivity contribution is 0.669. The lowest BCUT2D eigenvalue weighted by Gasteiger charge is -2.12. The van der Waals surface area contributed by atoms with Gasteiger partial charge < -0.3 is 8.98 Å². The van der Waals surface area contributed by atoms with E-state index in [4.69, 9.17) is 19.4 Å². The molecule has 5 heteroatoms. The van der Waals surface area contributed by atoms with Crippen molar-refractivity contribution in [3.05, 3.63) is 218 Å². The van der Waals surface area contributed by atoms with Crippen LogP contribution in [0.2, 0.25) is 0 Å². The largest absolute Gasteiger partial charge is 0.456 e. The molecule has 62 heavy (non-hydrogen) atoms. The summed E-state index contributed by atoms with van der Waals surface area (Å²) < 4.78 is 8.64. The van der Waals surface area contributed by atoms with E-state index in [1.807, 2.05) is 54.6 Å². The minimum absolute atomic E-state index is 0.611. The van der Waals surface area contributed by atoms with Crippen LogP contribution in [0, 0.1) is 0 Å². The van der Waals surface area contributed by atoms with Gasteiger partial charge in [-0.15, -0.1) is 0 Å². The zero-order valence-corrected chi connectivity index (χ0v) is 33.5. The average Bonchev–Trinajstić information content (AvgIpc) is 3.90. The van der Waals surface area contributed by atoms with Gasteiger partial charge in [0.05, 0.1) is 11.0 Å². The van der Waals surface area contributed by atoms with Crippen molar-refractivity contribution in [1.29, 1.82) is 0 Å². The molecule has 3 heterocycles. The van der Waals surface area contributed by atoms with Crippen molar-refractivity contribution in [2.24, 2.45) is 0 Å². The Balaban J connectivity index is 0.981. The molecule has 5 nitrogen and oxygen atoms in total. The highest BCUT2D eigenvalue weighted by atomic mass is 16.3. The van der Waals surface area contributed by atoms with Crippen LogP contribution in [0.25, 0.3) is 117 Å². The topological polar surface area (TPSA) is 56.7 Å². The van der Waals surface area contributed by atoms with Crippen LogP contribution in [0.15, 0.2) is 223 Å². The van der Waals surface area contributed by atoms with Gasteiger partial charge in [0.25, 0.3) is 0 Å². The quantitative estimate of drug-likeness (QED) is 0.161. The fraction of sp³-hybridized carbons (Fsp3) is 0. The molecule has 0 unspecified atom stereocenters. The molecule has 0 aliphatic heterocycles. The van der Waals surface area contributed by atoms with Crippen LogP contribution in [0.4, 0.5) is 0 Å². The Bertz CT molecular complexity index is 3630. The Labute approximate surface area is 357 Å². The molecule has 0 fully saturated rings. The Kier molecular flexibility index (Phi) is 8.42. The van der Waals surface area contributed by atoms with E-state index in [0.717, 1.165) is 83.0 Å². The maximum absolute atomic E-state index is 6.28. The number of rotatable bonds is 7. The van der Waals surface area contributed by atoms with Crippen LogP contribution in [0.3, 0.4) is 0 Å². The van der Waals surface area contributed by atoms with E-state index in [1.54, 1.807) is 0 Å². The SMILES string of the molecule is c1ccc(-c2cccc(-c3ccc(-c4nc(-c5ccccc5)nc(-c5ccc6c7ccccc7n(-c7cccc(-c8cccc9oc%10ccccc%10c89)c7)c6c5)n4)cc3)c2)cc1. The molecular weight excluding hydrogens is 757 g/mol. The number of nitrogens with zero attached hydrogens (tertiary/aromatic N) is 4. The van der Waals surface area contributed by atoms with Gasteiger partial charge in [-0.1, -0.05) is 176 Å². The van der Waals surface area contributed by atoms with E-state index in [1.165, 1.54) is 16.5 Å². The van der Waals surface area contributed by atoms with Crippen molar-refractivity contribution in [3.63, 3.8) is 0 Å². The molecule has 3 aromatic heterocycles. The monoisotopic (exact) mass is 792 g/mol. The smallest absolute Gasteiger partial charge is 0.164 e. The molecule has 0 saturated carbocycles. The number of benzene rings is 9. The number of furan rings is 1. The first kappa shape index (κ1) is 35.5. The Morgan fingerprint density at radius 1 is 0.306 bits per heavy atom. The van der Waals surface area contributed by atoms with E-state index in [2.05, 4.69) is 168 Å². The number of hydrogen-bond donors (Lipinski definition) is 0. The summed E-state index contributed by atoms with van der Waals surface area (Å²) in [6.07, 6.45) is 0. The highest BCUT2D eigenvalue weighted by molar-refractivity contribution is 6.13. The third-order valence-electron chi connectivity index (χ3n) is 11.9. The van der Waals surface area contributed by atoms with Gasteiger partial charge in [0.1, 0.15) is 11.2 Å². The molecular formula is C57H36N4O. The standard InChI is InChI=1S/C57H36N4O/c1-3-14-37(15-4-1)41-18-11-19-42(34-41)38-28-30-40(31-29-38)56-58-55(39-16-5-2-6-17-39)59-57(60-56)44-32-33-48-47-22-7-9-25-50(47)61(51(48)36-44)45-21-12-20-43(35-45)46-24-13-27-53-54(46)49-23-8-10-26-52(49)62-53/h1-36H. The summed E-state index contributed by atoms with van der Waals surface area (Å²) in [6, 6.07) is 76.4. The highest BCUT2D eigenvalue weighted by Gasteiger charge is 2.18. The van der Waals surface area contributed by atoms with Gasteiger partial charge in [-0.2, -0.15) is 0 Å². The van der Waals surface area contributed by atoms with Crippen molar-refractivity contribution in [3.8, 4) is 73.2 Å². The maximum atomic E-state index is 6.28. The minimum Gasteiger partial charge on any atom is -0.456 e. The minimum atomic E-state index is 0.611. The third kappa shape index (κ3) is 6.14. The second-order valence-electron chi connectivity index (χ2n) is 15.6. The van der Waals surface area contributed by atoms with Gasteiger partial charge in [0, 0.05) is 43.9 Å². The predicted octanol–water partition coefficient (Wildman–Crippen LogP) is 14.9. The van der Waals surface area contributed by atoms with Crippen LogP contribution in [-0.4, -0.2) is 19.5 Å². The third-order valence-corrected chi connectivity index (χ3v) is 11.9. The highest BCUT2D eigenvalue weighted by Crippen LogP contribution is 2.40. The van der Waals surface area contributed by atoms with Gasteiger partial charge in [0.2, 0.25) is 0 Å². The first-order valence-corrected chi connectivity index (χ1v) is 20.8. The van der Waals surface area contributed by atoms with Crippen molar-refractivity contribution in [1.82, 2.24) is 19.5 Å². The van der Waals surface area contributed by atoms with E-state index >= 15 is 0 Å². The second kappa shape index (κ2) is 14.7. The summed E-state index contributed by atoms with van der Waals surface area (Å²) in [5, 5.41) is 4.57. The first-order valence-electron chi connectivity index (χ1n) is 20.8. The molecule has 0 saturated heterocycles. The Hall–Kier alpha value is -8.41. The molecule has 0 aliphatic carbocycles. The van der Waals surface area contributed by atoms with Crippen LogP contribution in [0.1, 0.15) is 0 Å². The number of fused-ring (bicyclic) bond motifs is 6. The zero-order valence-electron chi connectivity index (χ0n) is 33.5. The molecule has 0 aliphatic rings. The van der Waals surface area contributed by atoms with Gasteiger partial charge in [0.15, 0.2) is 17.5 Å². The van der Waals surface area contributed by atoms with E-state index in [9.17, 15) is 0 Å². The maximum Gasteiger partial charge on any atom is 0.164 e. The summed E-state index contributed by atoms with van der Waals surface area (Å²) in [7, 11) is 0. The molecule has 0 amide bonds. The van der Waals surface area contributed by atoms with Crippen molar-refractivity contribution in [2.75, 3.05) is 0 Å². The lowest BCUT2D eigenvalue weighted by atomic mass is 9.98. The summed E-state index contributed by atoms with van der Waals surface area (Å²) in [5.41, 5.74) is 14.7. The number of aromatic nitrogens is 4. The summed E-state index contributed by atoms with van der Waals surface area (Å²) in [5.74, 6) is 1.85. The molecule has 9 aromatic carbocycles. The Morgan fingerprint density at radius 2 is 0.823 bits per heavy atom. The first-order chi connectivity index (χ1) is 30.7. The molecule has 0 spiro atoms. The average molecular weight is 793 g/mol. The van der Waals surface area contributed by atoms with Gasteiger partial charge in [-0.3, -0.25) is 0 Å². The van der Waals surface area contributed by atoms with Gasteiger partial charge in [-0.25, -0.2) is 15.0 Å². The molecule has 0 atom stereocenters. The van der Waals surface area contributed by atoms with E-state index in [0.29, 0.717) is 17.5 Å². The van der Waals surface area contributed by atoms with E-state index in [-0.39, 0.29) is 0 Å². The molecule has 0 radical (unpaired) electrons. The van der Waals surface area contributed by atoms with Crippen molar-refractivity contribution in [2.45, 2.75) is 0 Å². The van der Waals surface area contributed by atoms with Crippen LogP contribution in [0.5, 0.6) is 0 Å². The lowest BCUT2D eigenvalue weighted by Crippen LogP contribution is -2.00. The molecule has 0 bridgehead atoms. The predicted molar refractivity (Wildman–Crippen MR) is 254 cm³/mol. The normalized spacial score (nSPS) is 11.5. The van der Waals surface area contributed by atoms with Crippen molar-refractivity contribution >= 4 is 43.7 Å². The molecule has 12 rings (SSSR count). The fourth-order valence-corrected chi connectivity index (χ4v) is 8.89. The zero-order chi connectivity index (χ0) is 41.0. The van der Waals surface area contributed by atoms with Crippen molar-refractivity contribution < 1.29 is 4.42 Å². The van der Waals surface area contributed by atoms with Crippen LogP contribution in [-0.2, 0) is 0 Å². The van der Waals surface area contributed by atoms with Crippen LogP contribution < -0.4 is 0 Å². The van der Waals surface area contributed by atoms with E-state index < -0.39 is 0 Å². The molecule has 12 aromatic rings. The Morgan fingerprint density at radius 3 is 1.60 bits per heavy atom. The summed E-state index contributed by atoms with van der Waals surface area (Å²) >= 11 is 0. The molecule has 290 valence electrons. The number of para-hydroxylation sites is 2. The number of hydrogen-bond acceptors (Lipinski definition) is 4. The molecule has 0 N–H and O–H groups in total. The fourth-order valence-electron chi connectivity index (χ4n) is 8.89. The summed E-state index contributed by atoms with van der Waals surface area (Å²) in [6.45, 7) is 0. The van der Waals surface area contributed by atoms with Gasteiger partial charge >= 0.3 is 0 Å². The van der Waals surface area contributed by atoms with Gasteiger partial charge in [-0.05, 0) is 75.8 Å². The second-order valence-corrected chi connectivity index (χ2v) is 15.6.